The third-order valence-electron chi connectivity index (χ3n) is 3.97. The van der Waals surface area contributed by atoms with E-state index in [2.05, 4.69) is 30.8 Å². The van der Waals surface area contributed by atoms with Crippen LogP contribution in [0.25, 0.3) is 0 Å². The number of nitrogen functional groups attached to an aromatic ring is 1. The van der Waals surface area contributed by atoms with Crippen molar-refractivity contribution in [1.29, 1.82) is 0 Å². The average molecular weight is 252 g/mol. The summed E-state index contributed by atoms with van der Waals surface area (Å²) in [6.45, 7) is 7.48. The minimum absolute atomic E-state index is 0.155. The van der Waals surface area contributed by atoms with Crippen LogP contribution >= 0.6 is 0 Å². The molecule has 0 aliphatic carbocycles. The molecule has 102 valence electrons. The van der Waals surface area contributed by atoms with E-state index in [4.69, 9.17) is 5.73 Å². The monoisotopic (exact) mass is 252 g/mol. The van der Waals surface area contributed by atoms with Crippen molar-refractivity contribution in [1.82, 2.24) is 9.78 Å². The Morgan fingerprint density at radius 3 is 2.67 bits per heavy atom. The number of hydrogen-bond donors (Lipinski definition) is 2. The van der Waals surface area contributed by atoms with Crippen molar-refractivity contribution >= 4 is 11.5 Å². The summed E-state index contributed by atoms with van der Waals surface area (Å²) in [5.74, 6) is 1.77. The third-order valence-corrected chi connectivity index (χ3v) is 3.97. The number of aliphatic hydroxyl groups excluding tert-OH is 1. The van der Waals surface area contributed by atoms with Crippen LogP contribution in [0.2, 0.25) is 0 Å². The van der Waals surface area contributed by atoms with Crippen LogP contribution in [0.15, 0.2) is 0 Å². The second kappa shape index (κ2) is 4.80. The summed E-state index contributed by atoms with van der Waals surface area (Å²) in [5, 5.41) is 14.1. The van der Waals surface area contributed by atoms with Gasteiger partial charge in [0, 0.05) is 13.6 Å². The predicted octanol–water partition coefficient (Wildman–Crippen LogP) is 1.33. The van der Waals surface area contributed by atoms with Crippen molar-refractivity contribution in [2.45, 2.75) is 39.2 Å². The van der Waals surface area contributed by atoms with Crippen molar-refractivity contribution in [2.24, 2.45) is 13.0 Å². The molecule has 0 radical (unpaired) electrons. The summed E-state index contributed by atoms with van der Waals surface area (Å²) in [7, 11) is 1.93. The molecule has 1 aromatic heterocycles. The topological polar surface area (TPSA) is 67.3 Å². The summed E-state index contributed by atoms with van der Waals surface area (Å²) in [6.07, 6.45) is 1.09. The molecule has 0 bridgehead atoms. The van der Waals surface area contributed by atoms with Gasteiger partial charge in [-0.2, -0.15) is 5.10 Å². The van der Waals surface area contributed by atoms with Gasteiger partial charge in [-0.25, -0.2) is 0 Å². The summed E-state index contributed by atoms with van der Waals surface area (Å²) < 4.78 is 1.85. The van der Waals surface area contributed by atoms with Crippen LogP contribution in [0.4, 0.5) is 11.5 Å². The van der Waals surface area contributed by atoms with E-state index in [-0.39, 0.29) is 12.6 Å². The van der Waals surface area contributed by atoms with Gasteiger partial charge in [0.1, 0.15) is 0 Å². The number of hydrogen-bond acceptors (Lipinski definition) is 4. The molecule has 2 rings (SSSR count). The number of nitrogens with two attached hydrogens (primary N) is 1. The number of aromatic nitrogens is 2. The summed E-state index contributed by atoms with van der Waals surface area (Å²) in [4.78, 5) is 2.21. The van der Waals surface area contributed by atoms with Crippen LogP contribution in [-0.4, -0.2) is 34.1 Å². The largest absolute Gasteiger partial charge is 0.394 e. The van der Waals surface area contributed by atoms with Crippen LogP contribution < -0.4 is 10.6 Å². The van der Waals surface area contributed by atoms with Crippen LogP contribution in [0.3, 0.4) is 0 Å². The Morgan fingerprint density at radius 2 is 2.17 bits per heavy atom. The zero-order chi connectivity index (χ0) is 13.4. The maximum atomic E-state index is 9.55. The van der Waals surface area contributed by atoms with Gasteiger partial charge in [0.2, 0.25) is 0 Å². The third kappa shape index (κ3) is 1.96. The maximum Gasteiger partial charge on any atom is 0.150 e. The molecule has 3 N–H and O–H groups in total. The number of rotatable bonds is 3. The van der Waals surface area contributed by atoms with Crippen molar-refractivity contribution in [3.05, 3.63) is 5.69 Å². The van der Waals surface area contributed by atoms with Gasteiger partial charge in [0.25, 0.3) is 0 Å². The average Bonchev–Trinajstić information content (AvgIpc) is 2.79. The van der Waals surface area contributed by atoms with E-state index < -0.39 is 0 Å². The van der Waals surface area contributed by atoms with Gasteiger partial charge in [0.15, 0.2) is 5.82 Å². The number of aliphatic hydroxyl groups is 1. The molecule has 0 amide bonds. The maximum absolute atomic E-state index is 9.55. The highest BCUT2D eigenvalue weighted by Crippen LogP contribution is 2.36. The Morgan fingerprint density at radius 1 is 1.50 bits per heavy atom. The first kappa shape index (κ1) is 13.2. The van der Waals surface area contributed by atoms with Crippen LogP contribution in [0.1, 0.15) is 38.8 Å². The number of anilines is 2. The Balaban J connectivity index is 2.39. The number of aryl methyl sites for hydroxylation is 1. The Kier molecular flexibility index (Phi) is 3.52. The van der Waals surface area contributed by atoms with Crippen molar-refractivity contribution < 1.29 is 5.11 Å². The van der Waals surface area contributed by atoms with Crippen molar-refractivity contribution in [3.8, 4) is 0 Å². The quantitative estimate of drug-likeness (QED) is 0.851. The highest BCUT2D eigenvalue weighted by atomic mass is 16.3. The van der Waals surface area contributed by atoms with E-state index >= 15 is 0 Å². The lowest BCUT2D eigenvalue weighted by molar-refractivity contribution is 0.244. The van der Waals surface area contributed by atoms with E-state index in [0.717, 1.165) is 30.2 Å². The smallest absolute Gasteiger partial charge is 0.150 e. The van der Waals surface area contributed by atoms with Gasteiger partial charge >= 0.3 is 0 Å². The fraction of sp³-hybridized carbons (Fsp3) is 0.769. The molecule has 1 aromatic rings. The normalized spacial score (nSPS) is 24.2. The molecule has 18 heavy (non-hydrogen) atoms. The number of nitrogens with zero attached hydrogens (tertiary/aromatic N) is 3. The van der Waals surface area contributed by atoms with Crippen LogP contribution in [-0.2, 0) is 7.05 Å². The molecule has 2 atom stereocenters. The molecular formula is C13H24N4O. The van der Waals surface area contributed by atoms with E-state index in [9.17, 15) is 5.11 Å². The Hall–Kier alpha value is -1.23. The molecule has 1 aliphatic rings. The van der Waals surface area contributed by atoms with Gasteiger partial charge < -0.3 is 15.7 Å². The molecule has 0 spiro atoms. The van der Waals surface area contributed by atoms with Crippen LogP contribution in [0.5, 0.6) is 0 Å². The summed E-state index contributed by atoms with van der Waals surface area (Å²) >= 11 is 0. The van der Waals surface area contributed by atoms with Crippen LogP contribution in [0, 0.1) is 5.92 Å². The molecule has 2 heterocycles. The molecule has 5 nitrogen and oxygen atoms in total. The lowest BCUT2D eigenvalue weighted by Gasteiger charge is -2.27. The highest BCUT2D eigenvalue weighted by molar-refractivity contribution is 5.68. The zero-order valence-corrected chi connectivity index (χ0v) is 11.7. The summed E-state index contributed by atoms with van der Waals surface area (Å²) in [6, 6.07) is 0.155. The molecule has 2 unspecified atom stereocenters. The predicted molar refractivity (Wildman–Crippen MR) is 73.7 cm³/mol. The molecule has 1 fully saturated rings. The minimum Gasteiger partial charge on any atom is -0.394 e. The highest BCUT2D eigenvalue weighted by Gasteiger charge is 2.34. The fourth-order valence-corrected chi connectivity index (χ4v) is 2.87. The molecule has 5 heteroatoms. The Labute approximate surface area is 109 Å². The van der Waals surface area contributed by atoms with Gasteiger partial charge in [-0.05, 0) is 18.3 Å². The van der Waals surface area contributed by atoms with E-state index in [1.165, 1.54) is 0 Å². The van der Waals surface area contributed by atoms with E-state index in [1.807, 2.05) is 11.7 Å². The minimum atomic E-state index is 0.155. The van der Waals surface area contributed by atoms with E-state index in [1.54, 1.807) is 0 Å². The summed E-state index contributed by atoms with van der Waals surface area (Å²) in [5.41, 5.74) is 7.95. The van der Waals surface area contributed by atoms with Gasteiger partial charge in [-0.15, -0.1) is 0 Å². The first-order valence-corrected chi connectivity index (χ1v) is 6.67. The molecule has 1 aliphatic heterocycles. The molecule has 1 saturated heterocycles. The Bertz CT molecular complexity index is 427. The lowest BCUT2D eigenvalue weighted by Crippen LogP contribution is -2.36. The fourth-order valence-electron chi connectivity index (χ4n) is 2.87. The molecular weight excluding hydrogens is 228 g/mol. The standard InChI is InChI=1S/C13H24N4O/c1-8(2)12-11(14)13(16(4)15-12)17-6-5-9(3)10(17)7-18/h8-10,18H,5-7,14H2,1-4H3. The van der Waals surface area contributed by atoms with Gasteiger partial charge in [-0.1, -0.05) is 20.8 Å². The first-order chi connectivity index (χ1) is 8.47. The SMILES string of the molecule is CC(C)c1nn(C)c(N2CCC(C)C2CO)c1N. The molecule has 0 saturated carbocycles. The first-order valence-electron chi connectivity index (χ1n) is 6.67. The second-order valence-corrected chi connectivity index (χ2v) is 5.61. The second-order valence-electron chi connectivity index (χ2n) is 5.61. The van der Waals surface area contributed by atoms with E-state index in [0.29, 0.717) is 11.8 Å². The van der Waals surface area contributed by atoms with Crippen molar-refractivity contribution in [3.63, 3.8) is 0 Å². The van der Waals surface area contributed by atoms with Gasteiger partial charge in [0.05, 0.1) is 24.0 Å². The zero-order valence-electron chi connectivity index (χ0n) is 11.7. The van der Waals surface area contributed by atoms with Crippen molar-refractivity contribution in [2.75, 3.05) is 23.8 Å². The lowest BCUT2D eigenvalue weighted by atomic mass is 10.0. The van der Waals surface area contributed by atoms with Gasteiger partial charge in [-0.3, -0.25) is 4.68 Å². The molecule has 0 aromatic carbocycles.